The minimum absolute atomic E-state index is 0. The second-order valence-electron chi connectivity index (χ2n) is 0.866. The van der Waals surface area contributed by atoms with E-state index in [9.17, 15) is 0 Å². The fourth-order valence-electron chi connectivity index (χ4n) is 0.118. The van der Waals surface area contributed by atoms with Crippen LogP contribution >= 0.6 is 0 Å². The monoisotopic (exact) mass is 87.1 g/mol. The summed E-state index contributed by atoms with van der Waals surface area (Å²) in [4.78, 5) is 0. The molecule has 6 heavy (non-hydrogen) atoms. The molecule has 0 rings (SSSR count). The van der Waals surface area contributed by atoms with Crippen molar-refractivity contribution in [1.29, 1.82) is 0 Å². The van der Waals surface area contributed by atoms with Crippen LogP contribution < -0.4 is 5.73 Å². The Bertz CT molecular complexity index is 25.1. The molecule has 0 aromatic carbocycles. The van der Waals surface area contributed by atoms with E-state index in [-0.39, 0.29) is 7.43 Å². The van der Waals surface area contributed by atoms with Crippen molar-refractivity contribution in [3.05, 3.63) is 12.7 Å². The Morgan fingerprint density at radius 3 is 2.17 bits per heavy atom. The van der Waals surface area contributed by atoms with Crippen molar-refractivity contribution in [3.63, 3.8) is 0 Å². The van der Waals surface area contributed by atoms with Crippen LogP contribution in [0.2, 0.25) is 0 Å². The summed E-state index contributed by atoms with van der Waals surface area (Å²) in [5.74, 6) is 0. The van der Waals surface area contributed by atoms with Crippen molar-refractivity contribution >= 4 is 0 Å². The van der Waals surface area contributed by atoms with E-state index in [1.807, 2.05) is 0 Å². The molecule has 0 saturated carbocycles. The lowest BCUT2D eigenvalue weighted by atomic mass is 10.4. The molecule has 38 valence electrons. The third-order valence-electron chi connectivity index (χ3n) is 0.371. The first-order chi connectivity index (χ1) is 2.41. The molecule has 1 nitrogen and oxygen atoms in total. The predicted molar refractivity (Wildman–Crippen MR) is 30.6 cm³/mol. The number of rotatable bonds is 2. The van der Waals surface area contributed by atoms with Crippen LogP contribution in [0.25, 0.3) is 0 Å². The zero-order valence-corrected chi connectivity index (χ0v) is 3.28. The Morgan fingerprint density at radius 1 is 1.67 bits per heavy atom. The average molecular weight is 87.2 g/mol. The Hall–Kier alpha value is -0.300. The highest BCUT2D eigenvalue weighted by Crippen LogP contribution is 1.66. The van der Waals surface area contributed by atoms with Gasteiger partial charge in [-0.1, -0.05) is 13.5 Å². The van der Waals surface area contributed by atoms with Crippen LogP contribution in [0, 0.1) is 0 Å². The molecular formula is C5H13N. The number of nitrogens with two attached hydrogens (primary N) is 1. The number of hydrogen-bond donors (Lipinski definition) is 1. The molecule has 0 aromatic heterocycles. The Balaban J connectivity index is 0. The van der Waals surface area contributed by atoms with E-state index in [2.05, 4.69) is 6.58 Å². The molecule has 0 spiro atoms. The zero-order valence-electron chi connectivity index (χ0n) is 3.28. The summed E-state index contributed by atoms with van der Waals surface area (Å²) in [5.41, 5.74) is 5.07. The van der Waals surface area contributed by atoms with Gasteiger partial charge in [0, 0.05) is 0 Å². The highest BCUT2D eigenvalue weighted by atomic mass is 14.5. The van der Waals surface area contributed by atoms with E-state index < -0.39 is 0 Å². The van der Waals surface area contributed by atoms with E-state index >= 15 is 0 Å². The van der Waals surface area contributed by atoms with E-state index in [0.29, 0.717) is 0 Å². The lowest BCUT2D eigenvalue weighted by molar-refractivity contribution is 1.01. The quantitative estimate of drug-likeness (QED) is 0.502. The van der Waals surface area contributed by atoms with Crippen molar-refractivity contribution < 1.29 is 0 Å². The van der Waals surface area contributed by atoms with Crippen LogP contribution in [0.5, 0.6) is 0 Å². The molecule has 0 unspecified atom stereocenters. The average Bonchev–Trinajstić information content (AvgIpc) is 1.41. The van der Waals surface area contributed by atoms with Crippen LogP contribution in [0.15, 0.2) is 12.7 Å². The zero-order chi connectivity index (χ0) is 4.12. The van der Waals surface area contributed by atoms with Crippen molar-refractivity contribution in [1.82, 2.24) is 0 Å². The summed E-state index contributed by atoms with van der Waals surface area (Å²) < 4.78 is 0. The molecule has 1 heteroatoms. The molecular weight excluding hydrogens is 74.1 g/mol. The van der Waals surface area contributed by atoms with Crippen LogP contribution in [0.1, 0.15) is 13.8 Å². The maximum Gasteiger partial charge on any atom is -0.00427 e. The van der Waals surface area contributed by atoms with Crippen LogP contribution in [-0.4, -0.2) is 6.54 Å². The first-order valence-corrected chi connectivity index (χ1v) is 1.72. The third kappa shape index (κ3) is 9.33. The maximum atomic E-state index is 5.07. The van der Waals surface area contributed by atoms with Crippen LogP contribution in [0.4, 0.5) is 0 Å². The molecule has 0 saturated heterocycles. The van der Waals surface area contributed by atoms with Crippen LogP contribution in [-0.2, 0) is 0 Å². The van der Waals surface area contributed by atoms with Gasteiger partial charge in [-0.3, -0.25) is 0 Å². The van der Waals surface area contributed by atoms with Crippen molar-refractivity contribution in [2.24, 2.45) is 5.73 Å². The highest BCUT2D eigenvalue weighted by Gasteiger charge is 1.61. The summed E-state index contributed by atoms with van der Waals surface area (Å²) in [6, 6.07) is 0. The van der Waals surface area contributed by atoms with E-state index in [1.54, 1.807) is 6.08 Å². The van der Waals surface area contributed by atoms with Gasteiger partial charge in [0.2, 0.25) is 0 Å². The predicted octanol–water partition coefficient (Wildman–Crippen LogP) is 1.16. The van der Waals surface area contributed by atoms with E-state index in [0.717, 1.165) is 13.0 Å². The molecule has 0 aliphatic carbocycles. The van der Waals surface area contributed by atoms with Gasteiger partial charge in [0.05, 0.1) is 0 Å². The van der Waals surface area contributed by atoms with Gasteiger partial charge in [-0.2, -0.15) is 0 Å². The lowest BCUT2D eigenvalue weighted by Crippen LogP contribution is -1.94. The van der Waals surface area contributed by atoms with E-state index in [4.69, 9.17) is 5.73 Å². The Kier molecular flexibility index (Phi) is 13.5. The molecule has 2 N–H and O–H groups in total. The van der Waals surface area contributed by atoms with Gasteiger partial charge in [0.15, 0.2) is 0 Å². The summed E-state index contributed by atoms with van der Waals surface area (Å²) in [5, 5.41) is 0. The molecule has 0 radical (unpaired) electrons. The summed E-state index contributed by atoms with van der Waals surface area (Å²) in [6.45, 7) is 4.20. The molecule has 0 aliphatic heterocycles. The second kappa shape index (κ2) is 8.83. The normalized spacial score (nSPS) is 6.17. The molecule has 0 aromatic rings. The topological polar surface area (TPSA) is 26.0 Å². The third-order valence-corrected chi connectivity index (χ3v) is 0.371. The fourth-order valence-corrected chi connectivity index (χ4v) is 0.118. The van der Waals surface area contributed by atoms with Gasteiger partial charge in [0.1, 0.15) is 0 Å². The Morgan fingerprint density at radius 2 is 2.17 bits per heavy atom. The first-order valence-electron chi connectivity index (χ1n) is 1.72. The summed E-state index contributed by atoms with van der Waals surface area (Å²) in [6.07, 6.45) is 2.74. The smallest absolute Gasteiger partial charge is 0.00427 e. The van der Waals surface area contributed by atoms with E-state index in [1.165, 1.54) is 0 Å². The highest BCUT2D eigenvalue weighted by molar-refractivity contribution is 4.64. The molecule has 0 aliphatic rings. The SMILES string of the molecule is C.C=CCCN. The van der Waals surface area contributed by atoms with Gasteiger partial charge < -0.3 is 5.73 Å². The number of hydrogen-bond acceptors (Lipinski definition) is 1. The molecule has 0 amide bonds. The van der Waals surface area contributed by atoms with Gasteiger partial charge in [-0.05, 0) is 13.0 Å². The molecule has 0 heterocycles. The van der Waals surface area contributed by atoms with Crippen LogP contribution in [0.3, 0.4) is 0 Å². The minimum atomic E-state index is 0. The van der Waals surface area contributed by atoms with Gasteiger partial charge in [0.25, 0.3) is 0 Å². The second-order valence-corrected chi connectivity index (χ2v) is 0.866. The standard InChI is InChI=1S/C4H9N.CH4/c1-2-3-4-5;/h2H,1,3-5H2;1H4. The van der Waals surface area contributed by atoms with Gasteiger partial charge in [-0.25, -0.2) is 0 Å². The van der Waals surface area contributed by atoms with Gasteiger partial charge >= 0.3 is 0 Å². The summed E-state index contributed by atoms with van der Waals surface area (Å²) in [7, 11) is 0. The van der Waals surface area contributed by atoms with Crippen molar-refractivity contribution in [3.8, 4) is 0 Å². The van der Waals surface area contributed by atoms with Crippen molar-refractivity contribution in [2.45, 2.75) is 13.8 Å². The summed E-state index contributed by atoms with van der Waals surface area (Å²) >= 11 is 0. The minimum Gasteiger partial charge on any atom is -0.330 e. The first kappa shape index (κ1) is 9.20. The molecule has 0 fully saturated rings. The van der Waals surface area contributed by atoms with Gasteiger partial charge in [-0.15, -0.1) is 6.58 Å². The maximum absolute atomic E-state index is 5.07. The lowest BCUT2D eigenvalue weighted by Gasteiger charge is -1.74. The fraction of sp³-hybridized carbons (Fsp3) is 0.600. The van der Waals surface area contributed by atoms with Crippen molar-refractivity contribution in [2.75, 3.05) is 6.54 Å². The Labute approximate surface area is 39.9 Å². The molecule has 0 bridgehead atoms. The largest absolute Gasteiger partial charge is 0.330 e. The molecule has 0 atom stereocenters.